The van der Waals surface area contributed by atoms with Gasteiger partial charge in [0.1, 0.15) is 5.75 Å². The first-order valence-electron chi connectivity index (χ1n) is 7.59. The molecule has 0 bridgehead atoms. The van der Waals surface area contributed by atoms with Gasteiger partial charge in [-0.3, -0.25) is 9.36 Å². The van der Waals surface area contributed by atoms with Crippen LogP contribution in [0.3, 0.4) is 0 Å². The lowest BCUT2D eigenvalue weighted by Gasteiger charge is -2.19. The average Bonchev–Trinajstić information content (AvgIpc) is 2.84. The van der Waals surface area contributed by atoms with Crippen LogP contribution in [0, 0.1) is 13.8 Å². The van der Waals surface area contributed by atoms with Crippen molar-refractivity contribution in [2.75, 3.05) is 19.6 Å². The third-order valence-corrected chi connectivity index (χ3v) is 5.60. The van der Waals surface area contributed by atoms with Gasteiger partial charge in [0.05, 0.1) is 18.8 Å². The minimum absolute atomic E-state index is 0.0794. The van der Waals surface area contributed by atoms with Gasteiger partial charge < -0.3 is 13.8 Å². The molecule has 1 aromatic carbocycles. The molecule has 1 aliphatic rings. The highest BCUT2D eigenvalue weighted by molar-refractivity contribution is 7.53. The maximum atomic E-state index is 12.5. The lowest BCUT2D eigenvalue weighted by molar-refractivity contribution is 0.0990. The minimum atomic E-state index is -3.29. The van der Waals surface area contributed by atoms with Crippen LogP contribution in [0.1, 0.15) is 47.3 Å². The van der Waals surface area contributed by atoms with Gasteiger partial charge in [-0.2, -0.15) is 0 Å². The van der Waals surface area contributed by atoms with Crippen LogP contribution >= 0.6 is 7.60 Å². The van der Waals surface area contributed by atoms with Crippen LogP contribution in [-0.2, 0) is 20.0 Å². The fourth-order valence-corrected chi connectivity index (χ4v) is 4.01. The maximum Gasteiger partial charge on any atom is 0.367 e. The van der Waals surface area contributed by atoms with E-state index in [1.807, 2.05) is 19.9 Å². The summed E-state index contributed by atoms with van der Waals surface area (Å²) >= 11 is 0. The number of aryl methyl sites for hydroxylation is 1. The molecule has 0 atom stereocenters. The van der Waals surface area contributed by atoms with Gasteiger partial charge in [0.15, 0.2) is 12.1 Å². The summed E-state index contributed by atoms with van der Waals surface area (Å²) in [6, 6.07) is 1.83. The Morgan fingerprint density at radius 2 is 1.77 bits per heavy atom. The van der Waals surface area contributed by atoms with Crippen LogP contribution in [-0.4, -0.2) is 25.3 Å². The van der Waals surface area contributed by atoms with Gasteiger partial charge >= 0.3 is 7.60 Å². The third kappa shape index (κ3) is 3.43. The van der Waals surface area contributed by atoms with Crippen molar-refractivity contribution >= 4 is 13.4 Å². The van der Waals surface area contributed by atoms with Crippen molar-refractivity contribution in [2.24, 2.45) is 0 Å². The highest BCUT2D eigenvalue weighted by Gasteiger charge is 2.29. The van der Waals surface area contributed by atoms with Crippen LogP contribution < -0.4 is 4.74 Å². The molecular weight excluding hydrogens is 303 g/mol. The van der Waals surface area contributed by atoms with Gasteiger partial charge in [0.25, 0.3) is 0 Å². The topological polar surface area (TPSA) is 61.8 Å². The van der Waals surface area contributed by atoms with Gasteiger partial charge in [-0.1, -0.05) is 0 Å². The SMILES string of the molecule is CCOP(=O)(COc1cc(C)c(C)c2c1C(=O)CC2)OCC. The van der Waals surface area contributed by atoms with Crippen LogP contribution in [0.2, 0.25) is 0 Å². The van der Waals surface area contributed by atoms with E-state index in [9.17, 15) is 9.36 Å². The molecule has 2 rings (SSSR count). The number of ether oxygens (including phenoxy) is 1. The Morgan fingerprint density at radius 3 is 2.36 bits per heavy atom. The number of hydrogen-bond donors (Lipinski definition) is 0. The summed E-state index contributed by atoms with van der Waals surface area (Å²) in [5.74, 6) is 0.566. The van der Waals surface area contributed by atoms with Crippen LogP contribution in [0.15, 0.2) is 6.07 Å². The molecule has 0 amide bonds. The van der Waals surface area contributed by atoms with Crippen molar-refractivity contribution in [1.29, 1.82) is 0 Å². The van der Waals surface area contributed by atoms with E-state index in [0.29, 0.717) is 17.7 Å². The number of rotatable bonds is 7. The zero-order chi connectivity index (χ0) is 16.3. The fourth-order valence-electron chi connectivity index (χ4n) is 2.70. The van der Waals surface area contributed by atoms with Crippen LogP contribution in [0.5, 0.6) is 5.75 Å². The summed E-state index contributed by atoms with van der Waals surface area (Å²) in [7, 11) is -3.29. The number of benzene rings is 1. The predicted molar refractivity (Wildman–Crippen MR) is 84.9 cm³/mol. The van der Waals surface area contributed by atoms with E-state index in [-0.39, 0.29) is 25.3 Å². The molecule has 0 heterocycles. The minimum Gasteiger partial charge on any atom is -0.480 e. The molecule has 0 saturated heterocycles. The summed E-state index contributed by atoms with van der Waals surface area (Å²) in [6.07, 6.45) is 1.06. The highest BCUT2D eigenvalue weighted by Crippen LogP contribution is 2.48. The number of ketones is 1. The number of hydrogen-bond acceptors (Lipinski definition) is 5. The summed E-state index contributed by atoms with van der Waals surface area (Å²) in [5.41, 5.74) is 3.86. The molecule has 22 heavy (non-hydrogen) atoms. The van der Waals surface area contributed by atoms with Gasteiger partial charge in [-0.05, 0) is 56.9 Å². The van der Waals surface area contributed by atoms with Gasteiger partial charge in [-0.25, -0.2) is 0 Å². The van der Waals surface area contributed by atoms with Crippen molar-refractivity contribution in [1.82, 2.24) is 0 Å². The van der Waals surface area contributed by atoms with Crippen LogP contribution in [0.25, 0.3) is 0 Å². The molecule has 0 aliphatic heterocycles. The predicted octanol–water partition coefficient (Wildman–Crippen LogP) is 4.03. The first kappa shape index (κ1) is 17.2. The van der Waals surface area contributed by atoms with E-state index in [1.165, 1.54) is 0 Å². The molecule has 0 aromatic heterocycles. The lowest BCUT2D eigenvalue weighted by atomic mass is 9.98. The third-order valence-electron chi connectivity index (χ3n) is 3.85. The van der Waals surface area contributed by atoms with Crippen molar-refractivity contribution in [2.45, 2.75) is 40.5 Å². The van der Waals surface area contributed by atoms with Crippen molar-refractivity contribution in [3.05, 3.63) is 28.3 Å². The van der Waals surface area contributed by atoms with E-state index >= 15 is 0 Å². The molecule has 0 saturated carbocycles. The normalized spacial score (nSPS) is 14.3. The molecule has 5 nitrogen and oxygen atoms in total. The second-order valence-corrected chi connectivity index (χ2v) is 7.31. The van der Waals surface area contributed by atoms with E-state index in [2.05, 4.69) is 0 Å². The number of Topliss-reactive ketones (excluding diaryl/α,β-unsaturated/α-hetero) is 1. The molecule has 0 radical (unpaired) electrons. The standard InChI is InChI=1S/C16H23O5P/c1-5-20-22(18,21-6-2)10-19-15-9-11(3)12(4)13-7-8-14(17)16(13)15/h9H,5-8,10H2,1-4H3. The van der Waals surface area contributed by atoms with Gasteiger partial charge in [0.2, 0.25) is 0 Å². The molecule has 1 aromatic rings. The molecule has 0 fully saturated rings. The van der Waals surface area contributed by atoms with Crippen molar-refractivity contribution < 1.29 is 23.1 Å². The largest absolute Gasteiger partial charge is 0.480 e. The molecule has 0 N–H and O–H groups in total. The molecule has 1 aliphatic carbocycles. The fraction of sp³-hybridized carbons (Fsp3) is 0.562. The first-order chi connectivity index (χ1) is 10.4. The van der Waals surface area contributed by atoms with Crippen molar-refractivity contribution in [3.63, 3.8) is 0 Å². The summed E-state index contributed by atoms with van der Waals surface area (Å²) < 4.78 is 28.6. The molecule has 6 heteroatoms. The summed E-state index contributed by atoms with van der Waals surface area (Å²) in [4.78, 5) is 12.1. The summed E-state index contributed by atoms with van der Waals surface area (Å²) in [6.45, 7) is 8.07. The van der Waals surface area contributed by atoms with E-state index in [1.54, 1.807) is 13.8 Å². The monoisotopic (exact) mass is 326 g/mol. The highest BCUT2D eigenvalue weighted by atomic mass is 31.2. The Labute approximate surface area is 131 Å². The number of carbonyl (C=O) groups excluding carboxylic acids is 1. The van der Waals surface area contributed by atoms with Gasteiger partial charge in [-0.15, -0.1) is 0 Å². The summed E-state index contributed by atoms with van der Waals surface area (Å²) in [5, 5.41) is 0. The van der Waals surface area contributed by atoms with E-state index in [0.717, 1.165) is 23.1 Å². The molecule has 0 unspecified atom stereocenters. The Balaban J connectivity index is 2.27. The molecule has 122 valence electrons. The van der Waals surface area contributed by atoms with Crippen molar-refractivity contribution in [3.8, 4) is 5.75 Å². The smallest absolute Gasteiger partial charge is 0.367 e. The first-order valence-corrected chi connectivity index (χ1v) is 9.31. The van der Waals surface area contributed by atoms with E-state index in [4.69, 9.17) is 13.8 Å². The van der Waals surface area contributed by atoms with E-state index < -0.39 is 7.60 Å². The number of fused-ring (bicyclic) bond motifs is 1. The second kappa shape index (κ2) is 6.95. The second-order valence-electron chi connectivity index (χ2n) is 5.31. The zero-order valence-electron chi connectivity index (χ0n) is 13.6. The number of carbonyl (C=O) groups is 1. The molecule has 0 spiro atoms. The lowest BCUT2D eigenvalue weighted by Crippen LogP contribution is -2.08. The Morgan fingerprint density at radius 1 is 1.14 bits per heavy atom. The maximum absolute atomic E-state index is 12.5. The average molecular weight is 326 g/mol. The quantitative estimate of drug-likeness (QED) is 0.708. The Hall–Kier alpha value is -1.16. The van der Waals surface area contributed by atoms with Gasteiger partial charge in [0, 0.05) is 6.42 Å². The Bertz CT molecular complexity index is 613. The Kier molecular flexibility index (Phi) is 5.43. The molecular formula is C16H23O5P. The van der Waals surface area contributed by atoms with Crippen LogP contribution in [0.4, 0.5) is 0 Å². The zero-order valence-corrected chi connectivity index (χ0v) is 14.5.